The van der Waals surface area contributed by atoms with E-state index in [-0.39, 0.29) is 18.2 Å². The normalized spacial score (nSPS) is 15.2. The van der Waals surface area contributed by atoms with E-state index in [1.807, 2.05) is 53.4 Å². The lowest BCUT2D eigenvalue weighted by Crippen LogP contribution is -2.49. The van der Waals surface area contributed by atoms with E-state index in [2.05, 4.69) is 15.2 Å². The van der Waals surface area contributed by atoms with Crippen LogP contribution in [0.25, 0.3) is 0 Å². The molecule has 1 aromatic heterocycles. The smallest absolute Gasteiger partial charge is 0.253 e. The van der Waals surface area contributed by atoms with Gasteiger partial charge in [0.2, 0.25) is 5.91 Å². The molecule has 1 aromatic carbocycles. The maximum Gasteiger partial charge on any atom is 0.253 e. The molecule has 2 aromatic rings. The van der Waals surface area contributed by atoms with Crippen LogP contribution in [-0.4, -0.2) is 61.5 Å². The lowest BCUT2D eigenvalue weighted by Gasteiger charge is -2.35. The minimum atomic E-state index is -0.668. The van der Waals surface area contributed by atoms with Gasteiger partial charge in [-0.05, 0) is 17.7 Å². The fraction of sp³-hybridized carbons (Fsp3) is 0.381. The quantitative estimate of drug-likeness (QED) is 0.788. The zero-order chi connectivity index (χ0) is 19.8. The number of aromatic nitrogens is 1. The summed E-state index contributed by atoms with van der Waals surface area (Å²) in [5, 5.41) is 2.80. The van der Waals surface area contributed by atoms with E-state index < -0.39 is 6.10 Å². The van der Waals surface area contributed by atoms with Crippen molar-refractivity contribution in [3.05, 3.63) is 60.3 Å². The molecule has 148 valence electrons. The first kappa shape index (κ1) is 19.8. The number of pyridine rings is 1. The number of hydrogen-bond donors (Lipinski definition) is 1. The summed E-state index contributed by atoms with van der Waals surface area (Å²) in [5.41, 5.74) is 0.791. The van der Waals surface area contributed by atoms with Gasteiger partial charge in [0.25, 0.3) is 5.91 Å². The third kappa shape index (κ3) is 5.07. The molecule has 1 fully saturated rings. The van der Waals surface area contributed by atoms with Crippen molar-refractivity contribution in [2.75, 3.05) is 44.7 Å². The van der Waals surface area contributed by atoms with Crippen LogP contribution in [0, 0.1) is 0 Å². The molecule has 28 heavy (non-hydrogen) atoms. The number of amides is 2. The van der Waals surface area contributed by atoms with Crippen LogP contribution in [0.2, 0.25) is 0 Å². The minimum absolute atomic E-state index is 0.0506. The number of carbonyl (C=O) groups excluding carboxylic acids is 2. The average Bonchev–Trinajstić information content (AvgIpc) is 2.76. The molecular formula is C21H26N4O3. The van der Waals surface area contributed by atoms with Crippen LogP contribution in [0.5, 0.6) is 0 Å². The zero-order valence-electron chi connectivity index (χ0n) is 16.1. The average molecular weight is 382 g/mol. The van der Waals surface area contributed by atoms with Gasteiger partial charge in [-0.3, -0.25) is 9.59 Å². The predicted octanol–water partition coefficient (Wildman–Crippen LogP) is 1.62. The van der Waals surface area contributed by atoms with Gasteiger partial charge < -0.3 is 19.9 Å². The molecular weight excluding hydrogens is 356 g/mol. The molecule has 0 bridgehead atoms. The lowest BCUT2D eigenvalue weighted by molar-refractivity contribution is -0.133. The highest BCUT2D eigenvalue weighted by atomic mass is 16.5. The Morgan fingerprint density at radius 3 is 2.43 bits per heavy atom. The van der Waals surface area contributed by atoms with Crippen molar-refractivity contribution >= 4 is 17.6 Å². The van der Waals surface area contributed by atoms with Crippen molar-refractivity contribution in [2.24, 2.45) is 0 Å². The Morgan fingerprint density at radius 2 is 1.79 bits per heavy atom. The molecule has 7 nitrogen and oxygen atoms in total. The highest BCUT2D eigenvalue weighted by molar-refractivity contribution is 5.83. The summed E-state index contributed by atoms with van der Waals surface area (Å²) < 4.78 is 5.31. The Morgan fingerprint density at radius 1 is 1.07 bits per heavy atom. The van der Waals surface area contributed by atoms with Crippen LogP contribution in [-0.2, 0) is 14.3 Å². The van der Waals surface area contributed by atoms with E-state index in [1.54, 1.807) is 6.20 Å². The first-order valence-electron chi connectivity index (χ1n) is 9.48. The van der Waals surface area contributed by atoms with Crippen LogP contribution in [0.3, 0.4) is 0 Å². The van der Waals surface area contributed by atoms with Gasteiger partial charge in [0.1, 0.15) is 5.82 Å². The van der Waals surface area contributed by atoms with Gasteiger partial charge in [0.05, 0.1) is 0 Å². The van der Waals surface area contributed by atoms with Crippen molar-refractivity contribution in [1.82, 2.24) is 15.2 Å². The second-order valence-corrected chi connectivity index (χ2v) is 6.62. The number of anilines is 1. The highest BCUT2D eigenvalue weighted by Gasteiger charge is 2.23. The second kappa shape index (κ2) is 9.85. The van der Waals surface area contributed by atoms with E-state index in [0.717, 1.165) is 24.5 Å². The summed E-state index contributed by atoms with van der Waals surface area (Å²) in [6, 6.07) is 15.1. The Bertz CT molecular complexity index is 762. The molecule has 0 radical (unpaired) electrons. The summed E-state index contributed by atoms with van der Waals surface area (Å²) in [4.78, 5) is 33.2. The largest absolute Gasteiger partial charge is 0.367 e. The van der Waals surface area contributed by atoms with E-state index in [9.17, 15) is 9.59 Å². The van der Waals surface area contributed by atoms with Crippen LogP contribution in [0.1, 0.15) is 18.1 Å². The van der Waals surface area contributed by atoms with Gasteiger partial charge in [-0.15, -0.1) is 0 Å². The molecule has 1 N–H and O–H groups in total. The molecule has 1 aliphatic rings. The van der Waals surface area contributed by atoms with Crippen molar-refractivity contribution in [3.8, 4) is 0 Å². The van der Waals surface area contributed by atoms with Crippen molar-refractivity contribution in [3.63, 3.8) is 0 Å². The number of hydrogen-bond acceptors (Lipinski definition) is 5. The van der Waals surface area contributed by atoms with Gasteiger partial charge in [-0.2, -0.15) is 0 Å². The van der Waals surface area contributed by atoms with E-state index in [1.165, 1.54) is 7.11 Å². The standard InChI is InChI=1S/C21H26N4O3/c1-28-20(17-7-3-2-4-8-17)21(27)23-12-10-19(26)25-15-13-24(14-16-25)18-9-5-6-11-22-18/h2-9,11,20H,10,12-16H2,1H3,(H,23,27). The molecule has 1 unspecified atom stereocenters. The zero-order valence-corrected chi connectivity index (χ0v) is 16.1. The number of benzene rings is 1. The van der Waals surface area contributed by atoms with E-state index >= 15 is 0 Å². The van der Waals surface area contributed by atoms with Crippen molar-refractivity contribution in [1.29, 1.82) is 0 Å². The molecule has 2 amide bonds. The maximum absolute atomic E-state index is 12.4. The van der Waals surface area contributed by atoms with Crippen molar-refractivity contribution < 1.29 is 14.3 Å². The first-order valence-corrected chi connectivity index (χ1v) is 9.48. The summed E-state index contributed by atoms with van der Waals surface area (Å²) in [7, 11) is 1.50. The molecule has 1 aliphatic heterocycles. The molecule has 1 atom stereocenters. The fourth-order valence-corrected chi connectivity index (χ4v) is 3.29. The summed E-state index contributed by atoms with van der Waals surface area (Å²) >= 11 is 0. The summed E-state index contributed by atoms with van der Waals surface area (Å²) in [5.74, 6) is 0.754. The van der Waals surface area contributed by atoms with Crippen LogP contribution < -0.4 is 10.2 Å². The number of carbonyl (C=O) groups is 2. The van der Waals surface area contributed by atoms with Gasteiger partial charge >= 0.3 is 0 Å². The lowest BCUT2D eigenvalue weighted by atomic mass is 10.1. The number of ether oxygens (including phenoxy) is 1. The number of rotatable bonds is 7. The highest BCUT2D eigenvalue weighted by Crippen LogP contribution is 2.16. The third-order valence-corrected chi connectivity index (χ3v) is 4.82. The molecule has 1 saturated heterocycles. The monoisotopic (exact) mass is 382 g/mol. The topological polar surface area (TPSA) is 74.8 Å². The SMILES string of the molecule is COC(C(=O)NCCC(=O)N1CCN(c2ccccn2)CC1)c1ccccc1. The van der Waals surface area contributed by atoms with Crippen molar-refractivity contribution in [2.45, 2.75) is 12.5 Å². The van der Waals surface area contributed by atoms with Gasteiger partial charge in [-0.25, -0.2) is 4.98 Å². The van der Waals surface area contributed by atoms with Crippen LogP contribution in [0.15, 0.2) is 54.7 Å². The molecule has 7 heteroatoms. The molecule has 2 heterocycles. The summed E-state index contributed by atoms with van der Waals surface area (Å²) in [6.07, 6.45) is 1.39. The minimum Gasteiger partial charge on any atom is -0.367 e. The molecule has 3 rings (SSSR count). The van der Waals surface area contributed by atoms with Gasteiger partial charge in [0, 0.05) is 52.5 Å². The first-order chi connectivity index (χ1) is 13.7. The Balaban J connectivity index is 1.41. The van der Waals surface area contributed by atoms with E-state index in [4.69, 9.17) is 4.74 Å². The second-order valence-electron chi connectivity index (χ2n) is 6.62. The van der Waals surface area contributed by atoms with E-state index in [0.29, 0.717) is 19.6 Å². The Hall–Kier alpha value is -2.93. The summed E-state index contributed by atoms with van der Waals surface area (Å²) in [6.45, 7) is 3.14. The predicted molar refractivity (Wildman–Crippen MR) is 107 cm³/mol. The molecule has 0 saturated carbocycles. The molecule has 0 spiro atoms. The van der Waals surface area contributed by atoms with Crippen LogP contribution >= 0.6 is 0 Å². The maximum atomic E-state index is 12.4. The van der Waals surface area contributed by atoms with Gasteiger partial charge in [0.15, 0.2) is 6.10 Å². The Labute approximate surface area is 165 Å². The van der Waals surface area contributed by atoms with Gasteiger partial charge in [-0.1, -0.05) is 36.4 Å². The number of nitrogens with zero attached hydrogens (tertiary/aromatic N) is 3. The van der Waals surface area contributed by atoms with Crippen LogP contribution in [0.4, 0.5) is 5.82 Å². The number of piperazine rings is 1. The number of nitrogens with one attached hydrogen (secondary N) is 1. The molecule has 0 aliphatic carbocycles. The number of methoxy groups -OCH3 is 1. The fourth-order valence-electron chi connectivity index (χ4n) is 3.29. The Kier molecular flexibility index (Phi) is 6.97. The third-order valence-electron chi connectivity index (χ3n) is 4.82.